The van der Waals surface area contributed by atoms with E-state index >= 15 is 0 Å². The van der Waals surface area contributed by atoms with Crippen LogP contribution in [-0.4, -0.2) is 29.2 Å². The van der Waals surface area contributed by atoms with E-state index in [9.17, 15) is 4.79 Å². The number of carbonyl (C=O) groups excluding carboxylic acids is 1. The Morgan fingerprint density at radius 2 is 1.95 bits per heavy atom. The first-order valence-corrected chi connectivity index (χ1v) is 6.88. The van der Waals surface area contributed by atoms with Crippen molar-refractivity contribution in [2.45, 2.75) is 13.8 Å². The molecule has 1 heterocycles. The quantitative estimate of drug-likeness (QED) is 0.890. The Balaban J connectivity index is 2.08. The number of anilines is 2. The minimum atomic E-state index is -0.303. The van der Waals surface area contributed by atoms with E-state index in [0.717, 1.165) is 24.5 Å². The van der Waals surface area contributed by atoms with Crippen LogP contribution in [0.15, 0.2) is 30.5 Å². The van der Waals surface area contributed by atoms with Gasteiger partial charge in [-0.1, -0.05) is 11.6 Å². The third-order valence-electron chi connectivity index (χ3n) is 3.07. The molecule has 0 aliphatic carbocycles. The number of nitrogens with zero attached hydrogens (tertiary/aromatic N) is 2. The summed E-state index contributed by atoms with van der Waals surface area (Å²) in [4.78, 5) is 14.2. The van der Waals surface area contributed by atoms with Gasteiger partial charge in [0.1, 0.15) is 5.69 Å². The van der Waals surface area contributed by atoms with Crippen LogP contribution >= 0.6 is 11.6 Å². The van der Waals surface area contributed by atoms with Gasteiger partial charge < -0.3 is 10.2 Å². The second kappa shape index (κ2) is 6.43. The molecule has 0 saturated heterocycles. The zero-order chi connectivity index (χ0) is 14.5. The summed E-state index contributed by atoms with van der Waals surface area (Å²) in [6.07, 6.45) is 1.40. The predicted molar refractivity (Wildman–Crippen MR) is 81.6 cm³/mol. The summed E-state index contributed by atoms with van der Waals surface area (Å²) in [5.74, 6) is -0.303. The molecule has 0 fully saturated rings. The Hall–Kier alpha value is -2.01. The lowest BCUT2D eigenvalue weighted by molar-refractivity contribution is 0.102. The second-order valence-corrected chi connectivity index (χ2v) is 4.67. The number of aromatic amines is 1. The van der Waals surface area contributed by atoms with Gasteiger partial charge in [0.2, 0.25) is 0 Å². The minimum Gasteiger partial charge on any atom is -0.372 e. The molecule has 0 saturated carbocycles. The number of hydrogen-bond acceptors (Lipinski definition) is 3. The van der Waals surface area contributed by atoms with Crippen molar-refractivity contribution in [3.8, 4) is 0 Å². The molecule has 0 radical (unpaired) electrons. The van der Waals surface area contributed by atoms with Gasteiger partial charge in [0.05, 0.1) is 11.2 Å². The summed E-state index contributed by atoms with van der Waals surface area (Å²) in [6.45, 7) is 6.12. The van der Waals surface area contributed by atoms with Crippen molar-refractivity contribution in [1.29, 1.82) is 0 Å². The molecule has 6 heteroatoms. The molecule has 20 heavy (non-hydrogen) atoms. The smallest absolute Gasteiger partial charge is 0.275 e. The van der Waals surface area contributed by atoms with Crippen molar-refractivity contribution < 1.29 is 4.79 Å². The lowest BCUT2D eigenvalue weighted by Crippen LogP contribution is -2.21. The second-order valence-electron chi connectivity index (χ2n) is 4.27. The highest BCUT2D eigenvalue weighted by Gasteiger charge is 2.12. The summed E-state index contributed by atoms with van der Waals surface area (Å²) in [5, 5.41) is 9.37. The van der Waals surface area contributed by atoms with Crippen molar-refractivity contribution in [2.75, 3.05) is 23.3 Å². The summed E-state index contributed by atoms with van der Waals surface area (Å²) in [6, 6.07) is 7.71. The predicted octanol–water partition coefficient (Wildman–Crippen LogP) is 3.16. The molecule has 0 aliphatic heterocycles. The van der Waals surface area contributed by atoms with Crippen LogP contribution < -0.4 is 10.2 Å². The first kappa shape index (κ1) is 14.4. The lowest BCUT2D eigenvalue weighted by atomic mass is 10.2. The van der Waals surface area contributed by atoms with Crippen molar-refractivity contribution >= 4 is 28.9 Å². The minimum absolute atomic E-state index is 0.263. The van der Waals surface area contributed by atoms with Crippen molar-refractivity contribution in [3.63, 3.8) is 0 Å². The highest BCUT2D eigenvalue weighted by molar-refractivity contribution is 6.34. The zero-order valence-corrected chi connectivity index (χ0v) is 12.2. The highest BCUT2D eigenvalue weighted by Crippen LogP contribution is 2.19. The molecule has 0 atom stereocenters. The van der Waals surface area contributed by atoms with E-state index in [4.69, 9.17) is 11.6 Å². The Bertz CT molecular complexity index is 575. The number of hydrogen-bond donors (Lipinski definition) is 2. The van der Waals surface area contributed by atoms with Gasteiger partial charge in [-0.3, -0.25) is 9.89 Å². The summed E-state index contributed by atoms with van der Waals surface area (Å²) in [5.41, 5.74) is 2.11. The molecule has 2 rings (SSSR count). The van der Waals surface area contributed by atoms with E-state index in [1.807, 2.05) is 24.3 Å². The Morgan fingerprint density at radius 3 is 2.45 bits per heavy atom. The van der Waals surface area contributed by atoms with Crippen molar-refractivity contribution in [3.05, 3.63) is 41.2 Å². The molecule has 106 valence electrons. The Morgan fingerprint density at radius 1 is 1.30 bits per heavy atom. The molecule has 0 unspecified atom stereocenters. The van der Waals surface area contributed by atoms with Crippen molar-refractivity contribution in [2.24, 2.45) is 0 Å². The third kappa shape index (κ3) is 3.11. The fourth-order valence-electron chi connectivity index (χ4n) is 1.97. The Kier molecular flexibility index (Phi) is 4.63. The van der Waals surface area contributed by atoms with Crippen LogP contribution in [0.25, 0.3) is 0 Å². The van der Waals surface area contributed by atoms with E-state index in [1.54, 1.807) is 0 Å². The normalized spacial score (nSPS) is 10.3. The molecule has 0 aliphatic rings. The van der Waals surface area contributed by atoms with Gasteiger partial charge in [-0.2, -0.15) is 5.10 Å². The average molecular weight is 293 g/mol. The zero-order valence-electron chi connectivity index (χ0n) is 11.5. The van der Waals surface area contributed by atoms with Gasteiger partial charge in [0.25, 0.3) is 5.91 Å². The van der Waals surface area contributed by atoms with Gasteiger partial charge in [-0.05, 0) is 38.1 Å². The van der Waals surface area contributed by atoms with Crippen LogP contribution in [0.4, 0.5) is 11.4 Å². The van der Waals surface area contributed by atoms with Crippen molar-refractivity contribution in [1.82, 2.24) is 10.2 Å². The maximum absolute atomic E-state index is 11.9. The number of halogens is 1. The van der Waals surface area contributed by atoms with E-state index < -0.39 is 0 Å². The summed E-state index contributed by atoms with van der Waals surface area (Å²) >= 11 is 5.84. The molecule has 0 bridgehead atoms. The number of carbonyl (C=O) groups is 1. The van der Waals surface area contributed by atoms with Crippen LogP contribution in [0.3, 0.4) is 0 Å². The standard InChI is InChI=1S/C14H17ClN4O/c1-3-19(4-2)11-7-5-10(6-8-11)17-14(20)13-12(15)9-16-18-13/h5-9H,3-4H2,1-2H3,(H,16,18)(H,17,20). The molecule has 2 N–H and O–H groups in total. The molecular formula is C14H17ClN4O. The molecule has 1 aromatic carbocycles. The number of benzene rings is 1. The molecule has 1 amide bonds. The average Bonchev–Trinajstić information content (AvgIpc) is 2.88. The number of H-pyrrole nitrogens is 1. The van der Waals surface area contributed by atoms with E-state index in [0.29, 0.717) is 5.02 Å². The maximum atomic E-state index is 11.9. The van der Waals surface area contributed by atoms with E-state index in [1.165, 1.54) is 6.20 Å². The van der Waals surface area contributed by atoms with Gasteiger partial charge in [0.15, 0.2) is 0 Å². The van der Waals surface area contributed by atoms with Gasteiger partial charge in [-0.25, -0.2) is 0 Å². The number of rotatable bonds is 5. The SMILES string of the molecule is CCN(CC)c1ccc(NC(=O)c2[nH]ncc2Cl)cc1. The summed E-state index contributed by atoms with van der Waals surface area (Å²) < 4.78 is 0. The topological polar surface area (TPSA) is 61.0 Å². The maximum Gasteiger partial charge on any atom is 0.275 e. The highest BCUT2D eigenvalue weighted by atomic mass is 35.5. The van der Waals surface area contributed by atoms with Gasteiger partial charge in [-0.15, -0.1) is 0 Å². The fourth-order valence-corrected chi connectivity index (χ4v) is 2.15. The van der Waals surface area contributed by atoms with Crippen LogP contribution in [-0.2, 0) is 0 Å². The van der Waals surface area contributed by atoms with Gasteiger partial charge >= 0.3 is 0 Å². The molecular weight excluding hydrogens is 276 g/mol. The first-order valence-electron chi connectivity index (χ1n) is 6.51. The van der Waals surface area contributed by atoms with E-state index in [-0.39, 0.29) is 11.6 Å². The van der Waals surface area contributed by atoms with Gasteiger partial charge in [0, 0.05) is 24.5 Å². The van der Waals surface area contributed by atoms with Crippen LogP contribution in [0.1, 0.15) is 24.3 Å². The number of aromatic nitrogens is 2. The van der Waals surface area contributed by atoms with E-state index in [2.05, 4.69) is 34.3 Å². The Labute approximate surface area is 122 Å². The number of nitrogens with one attached hydrogen (secondary N) is 2. The van der Waals surface area contributed by atoms with Crippen LogP contribution in [0, 0.1) is 0 Å². The fraction of sp³-hybridized carbons (Fsp3) is 0.286. The molecule has 1 aromatic heterocycles. The van der Waals surface area contributed by atoms with Crippen LogP contribution in [0.2, 0.25) is 5.02 Å². The first-order chi connectivity index (χ1) is 9.65. The number of amides is 1. The lowest BCUT2D eigenvalue weighted by Gasteiger charge is -2.21. The largest absolute Gasteiger partial charge is 0.372 e. The third-order valence-corrected chi connectivity index (χ3v) is 3.36. The van der Waals surface area contributed by atoms with Crippen LogP contribution in [0.5, 0.6) is 0 Å². The molecule has 2 aromatic rings. The molecule has 0 spiro atoms. The molecule has 5 nitrogen and oxygen atoms in total. The summed E-state index contributed by atoms with van der Waals surface area (Å²) in [7, 11) is 0. The monoisotopic (exact) mass is 292 g/mol.